The Hall–Kier alpha value is 0.763. The first kappa shape index (κ1) is 22.6. The van der Waals surface area contributed by atoms with E-state index in [4.69, 9.17) is 32.5 Å². The Morgan fingerprint density at radius 1 is 1.09 bits per heavy atom. The van der Waals surface area contributed by atoms with E-state index in [-0.39, 0.29) is 49.0 Å². The molecule has 0 rings (SSSR count). The van der Waals surface area contributed by atoms with Crippen LogP contribution in [0.25, 0.3) is 0 Å². The van der Waals surface area contributed by atoms with E-state index in [1.165, 1.54) is 0 Å². The van der Waals surface area contributed by atoms with Crippen LogP contribution in [0.1, 0.15) is 0 Å². The van der Waals surface area contributed by atoms with Gasteiger partial charge in [0.15, 0.2) is 0 Å². The van der Waals surface area contributed by atoms with Crippen molar-refractivity contribution in [2.45, 2.75) is 0 Å². The number of carboxylic acid groups (broad SMARTS) is 2. The molecular formula is CH5NaO7SZn. The van der Waals surface area contributed by atoms with E-state index < -0.39 is 16.6 Å². The van der Waals surface area contributed by atoms with Gasteiger partial charge in [0.05, 0.1) is 0 Å². The molecule has 7 nitrogen and oxygen atoms in total. The van der Waals surface area contributed by atoms with Crippen LogP contribution in [0, 0.1) is 0 Å². The maximum absolute atomic E-state index is 8.74. The molecule has 0 amide bonds. The minimum atomic E-state index is -4.67. The van der Waals surface area contributed by atoms with E-state index in [1.54, 1.807) is 0 Å². The summed E-state index contributed by atoms with van der Waals surface area (Å²) in [6, 6.07) is 0. The molecule has 0 spiro atoms. The predicted molar refractivity (Wildman–Crippen MR) is 32.0 cm³/mol. The molecule has 0 aliphatic rings. The first-order valence-electron chi connectivity index (χ1n) is 1.35. The van der Waals surface area contributed by atoms with E-state index in [0.29, 0.717) is 0 Å². The fourth-order valence-corrected chi connectivity index (χ4v) is 0. The van der Waals surface area contributed by atoms with Gasteiger partial charge in [-0.2, -0.15) is 8.42 Å². The normalized spacial score (nSPS) is 7.45. The molecule has 0 unspecified atom stereocenters. The molecule has 4 N–H and O–H groups in total. The van der Waals surface area contributed by atoms with Gasteiger partial charge in [-0.05, 0) is 0 Å². The van der Waals surface area contributed by atoms with E-state index >= 15 is 0 Å². The van der Waals surface area contributed by atoms with Crippen molar-refractivity contribution >= 4 is 46.1 Å². The molecule has 11 heavy (non-hydrogen) atoms. The third-order valence-electron chi connectivity index (χ3n) is 0. The Kier molecular flexibility index (Phi) is 22.1. The molecule has 0 heterocycles. The maximum atomic E-state index is 8.74. The fraction of sp³-hybridized carbons (Fsp3) is 0. The smallest absolute Gasteiger partial charge is 0 e. The Bertz CT molecular complexity index is 161. The number of carbonyl (C=O) groups is 1. The predicted octanol–water partition coefficient (Wildman–Crippen LogP) is -1.08. The second-order valence-electron chi connectivity index (χ2n) is 0.730. The van der Waals surface area contributed by atoms with Gasteiger partial charge in [-0.15, -0.1) is 0 Å². The largest absolute Gasteiger partial charge is 0 e. The monoisotopic (exact) mass is 248 g/mol. The van der Waals surface area contributed by atoms with Crippen molar-refractivity contribution in [2.75, 3.05) is 0 Å². The standard InChI is InChI=1S/CH2O3.Na.H2O4S.Zn.H/c2-1(3)4;;1-5(2,3)4;;/h(H2,2,3,4);;(H2,1,2,3,4);;. The van der Waals surface area contributed by atoms with Crippen molar-refractivity contribution in [3.05, 3.63) is 0 Å². The van der Waals surface area contributed by atoms with Crippen LogP contribution in [0.4, 0.5) is 4.79 Å². The summed E-state index contributed by atoms with van der Waals surface area (Å²) >= 11 is 0. The van der Waals surface area contributed by atoms with Crippen LogP contribution in [0.5, 0.6) is 0 Å². The molecule has 0 atom stereocenters. The Labute approximate surface area is 97.4 Å². The number of hydrogen-bond acceptors (Lipinski definition) is 3. The summed E-state index contributed by atoms with van der Waals surface area (Å²) in [6.07, 6.45) is -1.83. The summed E-state index contributed by atoms with van der Waals surface area (Å²) in [5.74, 6) is 0. The van der Waals surface area contributed by atoms with Crippen LogP contribution in [0.3, 0.4) is 0 Å². The zero-order valence-electron chi connectivity index (χ0n) is 4.63. The minimum Gasteiger partial charge on any atom is 0 e. The van der Waals surface area contributed by atoms with Crippen molar-refractivity contribution in [3.8, 4) is 0 Å². The summed E-state index contributed by atoms with van der Waals surface area (Å²) in [6.45, 7) is 0. The van der Waals surface area contributed by atoms with Crippen molar-refractivity contribution in [2.24, 2.45) is 0 Å². The van der Waals surface area contributed by atoms with Crippen LogP contribution < -0.4 is 0 Å². The molecule has 0 fully saturated rings. The molecular weight excluding hydrogens is 244 g/mol. The minimum absolute atomic E-state index is 0. The molecule has 0 aliphatic heterocycles. The molecule has 0 radical (unpaired) electrons. The van der Waals surface area contributed by atoms with Crippen LogP contribution in [-0.4, -0.2) is 63.4 Å². The van der Waals surface area contributed by atoms with Gasteiger partial charge < -0.3 is 10.2 Å². The molecule has 0 aromatic carbocycles. The van der Waals surface area contributed by atoms with E-state index in [2.05, 4.69) is 0 Å². The van der Waals surface area contributed by atoms with Gasteiger partial charge in [0.25, 0.3) is 0 Å². The number of hydrogen-bond donors (Lipinski definition) is 4. The van der Waals surface area contributed by atoms with Gasteiger partial charge in [-0.25, -0.2) is 4.79 Å². The van der Waals surface area contributed by atoms with Crippen molar-refractivity contribution in [1.82, 2.24) is 0 Å². The first-order valence-corrected chi connectivity index (χ1v) is 2.75. The third kappa shape index (κ3) is 1420. The molecule has 0 saturated carbocycles. The summed E-state index contributed by atoms with van der Waals surface area (Å²) in [5.41, 5.74) is 0. The second kappa shape index (κ2) is 10.8. The zero-order chi connectivity index (χ0) is 8.08. The first-order chi connectivity index (χ1) is 3.73. The van der Waals surface area contributed by atoms with Crippen LogP contribution in [0.2, 0.25) is 0 Å². The Morgan fingerprint density at radius 3 is 1.09 bits per heavy atom. The van der Waals surface area contributed by atoms with Crippen molar-refractivity contribution in [3.63, 3.8) is 0 Å². The molecule has 0 aliphatic carbocycles. The van der Waals surface area contributed by atoms with Crippen molar-refractivity contribution < 1.29 is 52.0 Å². The Morgan fingerprint density at radius 2 is 1.09 bits per heavy atom. The third-order valence-corrected chi connectivity index (χ3v) is 0. The second-order valence-corrected chi connectivity index (χ2v) is 1.63. The van der Waals surface area contributed by atoms with Gasteiger partial charge in [-0.3, -0.25) is 9.11 Å². The van der Waals surface area contributed by atoms with Crippen LogP contribution >= 0.6 is 0 Å². The summed E-state index contributed by atoms with van der Waals surface area (Å²) in [5, 5.41) is 13.9. The van der Waals surface area contributed by atoms with Crippen LogP contribution in [-0.2, 0) is 29.9 Å². The molecule has 60 valence electrons. The number of rotatable bonds is 0. The van der Waals surface area contributed by atoms with Crippen LogP contribution in [0.15, 0.2) is 0 Å². The molecule has 0 aromatic heterocycles. The van der Waals surface area contributed by atoms with E-state index in [1.807, 2.05) is 0 Å². The Balaban J connectivity index is -0.0000000383. The topological polar surface area (TPSA) is 132 Å². The average molecular weight is 249 g/mol. The molecule has 10 heteroatoms. The average Bonchev–Trinajstić information content (AvgIpc) is 1.19. The quantitative estimate of drug-likeness (QED) is 0.317. The zero-order valence-corrected chi connectivity index (χ0v) is 8.41. The van der Waals surface area contributed by atoms with E-state index in [9.17, 15) is 0 Å². The van der Waals surface area contributed by atoms with Gasteiger partial charge >= 0.3 is 46.1 Å². The van der Waals surface area contributed by atoms with E-state index in [0.717, 1.165) is 0 Å². The van der Waals surface area contributed by atoms with Crippen molar-refractivity contribution in [1.29, 1.82) is 0 Å². The molecule has 0 aromatic rings. The summed E-state index contributed by atoms with van der Waals surface area (Å²) in [7, 11) is -4.67. The van der Waals surface area contributed by atoms with Gasteiger partial charge in [0.2, 0.25) is 0 Å². The fourth-order valence-electron chi connectivity index (χ4n) is 0. The van der Waals surface area contributed by atoms with Gasteiger partial charge in [-0.1, -0.05) is 0 Å². The summed E-state index contributed by atoms with van der Waals surface area (Å²) < 4.78 is 31.6. The molecule has 0 saturated heterocycles. The van der Waals surface area contributed by atoms with Gasteiger partial charge in [0.1, 0.15) is 0 Å². The molecule has 0 bridgehead atoms. The maximum Gasteiger partial charge on any atom is 0 e. The SMILES string of the molecule is O=C(O)O.O=S(=O)(O)O.[NaH].[Zn]. The summed E-state index contributed by atoms with van der Waals surface area (Å²) in [4.78, 5) is 8.56. The van der Waals surface area contributed by atoms with Gasteiger partial charge in [0, 0.05) is 19.5 Å².